The van der Waals surface area contributed by atoms with Crippen LogP contribution >= 0.6 is 23.4 Å². The monoisotopic (exact) mass is 332 g/mol. The number of sulfone groups is 1. The number of thioether (sulfide) groups is 1. The van der Waals surface area contributed by atoms with E-state index in [1.165, 1.54) is 6.26 Å². The van der Waals surface area contributed by atoms with Gasteiger partial charge in [0.25, 0.3) is 0 Å². The van der Waals surface area contributed by atoms with Crippen LogP contribution in [-0.4, -0.2) is 42.1 Å². The maximum atomic E-state index is 11.9. The van der Waals surface area contributed by atoms with Gasteiger partial charge in [-0.1, -0.05) is 6.07 Å². The topological polar surface area (TPSA) is 52.0 Å². The first kappa shape index (κ1) is 15.7. The molecule has 1 heterocycles. The van der Waals surface area contributed by atoms with Gasteiger partial charge < -0.3 is 4.57 Å². The van der Waals surface area contributed by atoms with Crippen LogP contribution in [0.15, 0.2) is 23.1 Å². The van der Waals surface area contributed by atoms with Crippen LogP contribution in [0, 0.1) is 0 Å². The summed E-state index contributed by atoms with van der Waals surface area (Å²) in [5.74, 6) is 2.26. The largest absolute Gasteiger partial charge is 0.327 e. The van der Waals surface area contributed by atoms with Crippen molar-refractivity contribution in [3.63, 3.8) is 0 Å². The van der Waals surface area contributed by atoms with E-state index < -0.39 is 9.84 Å². The Kier molecular flexibility index (Phi) is 4.99. The Morgan fingerprint density at radius 1 is 1.40 bits per heavy atom. The molecule has 0 aliphatic heterocycles. The first-order valence-electron chi connectivity index (χ1n) is 6.22. The number of aromatic nitrogens is 2. The van der Waals surface area contributed by atoms with Gasteiger partial charge in [-0.3, -0.25) is 0 Å². The molecule has 2 rings (SSSR count). The fourth-order valence-corrected chi connectivity index (χ4v) is 3.54. The number of imidazole rings is 1. The summed E-state index contributed by atoms with van der Waals surface area (Å²) in [5, 5.41) is 0. The molecule has 0 bridgehead atoms. The average molecular weight is 333 g/mol. The molecule has 2 aromatic rings. The Morgan fingerprint density at radius 2 is 2.15 bits per heavy atom. The van der Waals surface area contributed by atoms with Gasteiger partial charge in [0, 0.05) is 30.9 Å². The molecule has 0 atom stereocenters. The highest BCUT2D eigenvalue weighted by Crippen LogP contribution is 2.24. The quantitative estimate of drug-likeness (QED) is 0.763. The molecule has 0 aliphatic carbocycles. The molecule has 1 aromatic carbocycles. The minimum Gasteiger partial charge on any atom is -0.327 e. The number of benzene rings is 1. The second kappa shape index (κ2) is 6.37. The number of halogens is 1. The van der Waals surface area contributed by atoms with Gasteiger partial charge in [-0.2, -0.15) is 11.8 Å². The van der Waals surface area contributed by atoms with Crippen LogP contribution in [0.25, 0.3) is 11.0 Å². The van der Waals surface area contributed by atoms with Crippen LogP contribution in [0.3, 0.4) is 0 Å². The molecule has 7 heteroatoms. The third-order valence-corrected chi connectivity index (χ3v) is 4.97. The fraction of sp³-hybridized carbons (Fsp3) is 0.462. The highest BCUT2D eigenvalue weighted by atomic mass is 35.5. The minimum absolute atomic E-state index is 0.286. The fourth-order valence-electron chi connectivity index (χ4n) is 2.18. The number of aryl methyl sites for hydroxylation is 2. The van der Waals surface area contributed by atoms with Crippen molar-refractivity contribution >= 4 is 44.2 Å². The molecule has 4 nitrogen and oxygen atoms in total. The number of hydrogen-bond acceptors (Lipinski definition) is 4. The molecule has 0 saturated heterocycles. The van der Waals surface area contributed by atoms with E-state index in [-0.39, 0.29) is 4.90 Å². The van der Waals surface area contributed by atoms with Gasteiger partial charge in [-0.25, -0.2) is 13.4 Å². The zero-order valence-corrected chi connectivity index (χ0v) is 13.9. The lowest BCUT2D eigenvalue weighted by Crippen LogP contribution is -2.06. The highest BCUT2D eigenvalue weighted by Gasteiger charge is 2.18. The molecule has 1 aromatic heterocycles. The predicted molar refractivity (Wildman–Crippen MR) is 85.6 cm³/mol. The molecule has 0 amide bonds. The van der Waals surface area contributed by atoms with Crippen molar-refractivity contribution in [3.8, 4) is 0 Å². The van der Waals surface area contributed by atoms with E-state index in [1.54, 1.807) is 23.9 Å². The van der Waals surface area contributed by atoms with E-state index in [1.807, 2.05) is 12.3 Å². The second-order valence-corrected chi connectivity index (χ2v) is 7.86. The Morgan fingerprint density at radius 3 is 2.75 bits per heavy atom. The first-order chi connectivity index (χ1) is 9.49. The third-order valence-electron chi connectivity index (χ3n) is 3.06. The Hall–Kier alpha value is -0.720. The number of alkyl halides is 1. The van der Waals surface area contributed by atoms with Crippen molar-refractivity contribution in [2.75, 3.05) is 24.1 Å². The molecule has 0 spiro atoms. The van der Waals surface area contributed by atoms with Crippen molar-refractivity contribution < 1.29 is 8.42 Å². The van der Waals surface area contributed by atoms with Crippen LogP contribution < -0.4 is 0 Å². The lowest BCUT2D eigenvalue weighted by molar-refractivity contribution is 0.602. The van der Waals surface area contributed by atoms with E-state index >= 15 is 0 Å². The summed E-state index contributed by atoms with van der Waals surface area (Å²) in [7, 11) is -3.28. The molecular weight excluding hydrogens is 316 g/mol. The summed E-state index contributed by atoms with van der Waals surface area (Å²) in [6.07, 6.45) is 3.89. The summed E-state index contributed by atoms with van der Waals surface area (Å²) in [6.45, 7) is 0.803. The Labute approximate surface area is 128 Å². The van der Waals surface area contributed by atoms with E-state index in [0.29, 0.717) is 17.8 Å². The average Bonchev–Trinajstić information content (AvgIpc) is 2.73. The van der Waals surface area contributed by atoms with Crippen LogP contribution in [0.5, 0.6) is 0 Å². The van der Waals surface area contributed by atoms with E-state index in [0.717, 1.165) is 23.6 Å². The molecule has 0 aliphatic rings. The lowest BCUT2D eigenvalue weighted by atomic mass is 10.3. The zero-order chi connectivity index (χ0) is 14.8. The molecule has 20 heavy (non-hydrogen) atoms. The number of fused-ring (bicyclic) bond motifs is 1. The standard InChI is InChI=1S/C13H17ClN2O2S2/c1-19-9-8-16-10-4-3-5-11(20(2,17)18)13(10)15-12(16)6-7-14/h3-5H,6-9H2,1-2H3. The van der Waals surface area contributed by atoms with E-state index in [2.05, 4.69) is 9.55 Å². The zero-order valence-electron chi connectivity index (χ0n) is 11.5. The SMILES string of the molecule is CSCCn1c(CCCl)nc2c(S(C)(=O)=O)cccc21. The van der Waals surface area contributed by atoms with Gasteiger partial charge in [-0.15, -0.1) is 11.6 Å². The summed E-state index contributed by atoms with van der Waals surface area (Å²) in [4.78, 5) is 4.80. The van der Waals surface area contributed by atoms with Crippen molar-refractivity contribution in [3.05, 3.63) is 24.0 Å². The van der Waals surface area contributed by atoms with Gasteiger partial charge in [0.15, 0.2) is 9.84 Å². The number of hydrogen-bond donors (Lipinski definition) is 0. The van der Waals surface area contributed by atoms with Crippen LogP contribution in [0.2, 0.25) is 0 Å². The Bertz CT molecular complexity index is 710. The number of para-hydroxylation sites is 1. The van der Waals surface area contributed by atoms with E-state index in [9.17, 15) is 8.42 Å². The molecule has 0 unspecified atom stereocenters. The van der Waals surface area contributed by atoms with Crippen molar-refractivity contribution in [1.29, 1.82) is 0 Å². The molecule has 0 N–H and O–H groups in total. The maximum absolute atomic E-state index is 11.9. The van der Waals surface area contributed by atoms with Crippen LogP contribution in [-0.2, 0) is 22.8 Å². The minimum atomic E-state index is -3.28. The van der Waals surface area contributed by atoms with Crippen molar-refractivity contribution in [2.24, 2.45) is 0 Å². The first-order valence-corrected chi connectivity index (χ1v) is 10.0. The lowest BCUT2D eigenvalue weighted by Gasteiger charge is -2.07. The van der Waals surface area contributed by atoms with Gasteiger partial charge in [0.2, 0.25) is 0 Å². The van der Waals surface area contributed by atoms with Crippen molar-refractivity contribution in [1.82, 2.24) is 9.55 Å². The molecule has 0 fully saturated rings. The summed E-state index contributed by atoms with van der Waals surface area (Å²) in [5.41, 5.74) is 1.42. The smallest absolute Gasteiger partial charge is 0.177 e. The van der Waals surface area contributed by atoms with Gasteiger partial charge in [0.05, 0.1) is 10.4 Å². The molecule has 0 radical (unpaired) electrons. The van der Waals surface area contributed by atoms with Gasteiger partial charge in [-0.05, 0) is 18.4 Å². The molecular formula is C13H17ClN2O2S2. The second-order valence-electron chi connectivity index (χ2n) is 4.51. The molecule has 110 valence electrons. The maximum Gasteiger partial charge on any atom is 0.177 e. The van der Waals surface area contributed by atoms with Crippen molar-refractivity contribution in [2.45, 2.75) is 17.9 Å². The normalized spacial score (nSPS) is 12.2. The van der Waals surface area contributed by atoms with E-state index in [4.69, 9.17) is 11.6 Å². The van der Waals surface area contributed by atoms with Crippen LogP contribution in [0.4, 0.5) is 0 Å². The third kappa shape index (κ3) is 3.13. The molecule has 0 saturated carbocycles. The summed E-state index contributed by atoms with van der Waals surface area (Å²) < 4.78 is 25.8. The van der Waals surface area contributed by atoms with Crippen LogP contribution in [0.1, 0.15) is 5.82 Å². The van der Waals surface area contributed by atoms with Gasteiger partial charge in [0.1, 0.15) is 11.3 Å². The predicted octanol–water partition coefficient (Wildman–Crippen LogP) is 2.58. The summed E-state index contributed by atoms with van der Waals surface area (Å²) in [6, 6.07) is 5.28. The number of nitrogens with zero attached hydrogens (tertiary/aromatic N) is 2. The van der Waals surface area contributed by atoms with Gasteiger partial charge >= 0.3 is 0 Å². The highest BCUT2D eigenvalue weighted by molar-refractivity contribution is 7.98. The summed E-state index contributed by atoms with van der Waals surface area (Å²) >= 11 is 7.57. The number of rotatable bonds is 6. The Balaban J connectivity index is 2.66.